The fourth-order valence-electron chi connectivity index (χ4n) is 2.30. The fourth-order valence-corrected chi connectivity index (χ4v) is 2.30. The second kappa shape index (κ2) is 7.24. The van der Waals surface area contributed by atoms with E-state index in [1.54, 1.807) is 0 Å². The molecule has 0 aromatic carbocycles. The molecular formula is C13H27NO. The van der Waals surface area contributed by atoms with E-state index in [9.17, 15) is 0 Å². The molecule has 1 N–H and O–H groups in total. The minimum absolute atomic E-state index is 0.529. The summed E-state index contributed by atoms with van der Waals surface area (Å²) in [7, 11) is 2.08. The van der Waals surface area contributed by atoms with Crippen LogP contribution in [0.15, 0.2) is 0 Å². The molecule has 0 aromatic rings. The molecule has 1 aliphatic heterocycles. The molecule has 0 bridgehead atoms. The van der Waals surface area contributed by atoms with Crippen LogP contribution in [0.2, 0.25) is 0 Å². The molecule has 2 heteroatoms. The number of rotatable bonds is 7. The summed E-state index contributed by atoms with van der Waals surface area (Å²) in [5.41, 5.74) is 0. The molecule has 1 fully saturated rings. The highest BCUT2D eigenvalue weighted by Crippen LogP contribution is 2.19. The number of nitrogens with one attached hydrogen (secondary N) is 1. The first-order valence-corrected chi connectivity index (χ1v) is 6.51. The van der Waals surface area contributed by atoms with Gasteiger partial charge in [-0.05, 0) is 38.6 Å². The van der Waals surface area contributed by atoms with Crippen molar-refractivity contribution in [2.75, 3.05) is 13.7 Å². The van der Waals surface area contributed by atoms with Crippen molar-refractivity contribution in [2.45, 2.75) is 64.5 Å². The average molecular weight is 213 g/mol. The van der Waals surface area contributed by atoms with E-state index in [1.807, 2.05) is 0 Å². The van der Waals surface area contributed by atoms with E-state index in [0.29, 0.717) is 12.1 Å². The van der Waals surface area contributed by atoms with Crippen LogP contribution < -0.4 is 5.32 Å². The Hall–Kier alpha value is -0.0800. The highest BCUT2D eigenvalue weighted by molar-refractivity contribution is 4.74. The van der Waals surface area contributed by atoms with Gasteiger partial charge in [-0.1, -0.05) is 26.7 Å². The Bertz CT molecular complexity index is 153. The zero-order valence-corrected chi connectivity index (χ0v) is 10.6. The Morgan fingerprint density at radius 3 is 2.67 bits per heavy atom. The second-order valence-electron chi connectivity index (χ2n) is 5.18. The first-order valence-electron chi connectivity index (χ1n) is 6.51. The van der Waals surface area contributed by atoms with Gasteiger partial charge in [0, 0.05) is 12.6 Å². The number of ether oxygens (including phenoxy) is 1. The monoisotopic (exact) mass is 213 g/mol. The third-order valence-corrected chi connectivity index (χ3v) is 3.31. The topological polar surface area (TPSA) is 21.3 Å². The van der Waals surface area contributed by atoms with Gasteiger partial charge in [0.25, 0.3) is 0 Å². The van der Waals surface area contributed by atoms with Crippen LogP contribution in [0.4, 0.5) is 0 Å². The van der Waals surface area contributed by atoms with Crippen LogP contribution in [0.25, 0.3) is 0 Å². The predicted octanol–water partition coefficient (Wildman–Crippen LogP) is 2.97. The van der Waals surface area contributed by atoms with E-state index >= 15 is 0 Å². The summed E-state index contributed by atoms with van der Waals surface area (Å²) in [6.45, 7) is 5.58. The maximum atomic E-state index is 5.67. The van der Waals surface area contributed by atoms with Crippen molar-refractivity contribution in [2.24, 2.45) is 5.92 Å². The molecule has 2 atom stereocenters. The average Bonchev–Trinajstić information content (AvgIpc) is 2.68. The van der Waals surface area contributed by atoms with Gasteiger partial charge in [0.15, 0.2) is 0 Å². The van der Waals surface area contributed by atoms with Gasteiger partial charge in [0.05, 0.1) is 6.10 Å². The van der Waals surface area contributed by atoms with Crippen LogP contribution in [0.1, 0.15) is 52.4 Å². The summed E-state index contributed by atoms with van der Waals surface area (Å²) >= 11 is 0. The molecule has 1 heterocycles. The predicted molar refractivity (Wildman–Crippen MR) is 65.1 cm³/mol. The van der Waals surface area contributed by atoms with Crippen molar-refractivity contribution in [1.29, 1.82) is 0 Å². The van der Waals surface area contributed by atoms with Crippen LogP contribution in [0.3, 0.4) is 0 Å². The molecule has 0 aromatic heterocycles. The van der Waals surface area contributed by atoms with Gasteiger partial charge in [-0.2, -0.15) is 0 Å². The molecule has 1 aliphatic rings. The largest absolute Gasteiger partial charge is 0.378 e. The minimum Gasteiger partial charge on any atom is -0.378 e. The Morgan fingerprint density at radius 1 is 1.33 bits per heavy atom. The molecule has 1 rings (SSSR count). The molecule has 2 nitrogen and oxygen atoms in total. The van der Waals surface area contributed by atoms with Crippen molar-refractivity contribution in [3.8, 4) is 0 Å². The third-order valence-electron chi connectivity index (χ3n) is 3.31. The second-order valence-corrected chi connectivity index (χ2v) is 5.18. The van der Waals surface area contributed by atoms with Gasteiger partial charge in [-0.25, -0.2) is 0 Å². The van der Waals surface area contributed by atoms with Crippen LogP contribution in [-0.2, 0) is 4.74 Å². The third kappa shape index (κ3) is 5.53. The van der Waals surface area contributed by atoms with Crippen LogP contribution in [0.5, 0.6) is 0 Å². The van der Waals surface area contributed by atoms with Gasteiger partial charge in [0.2, 0.25) is 0 Å². The van der Waals surface area contributed by atoms with Crippen molar-refractivity contribution < 1.29 is 4.74 Å². The highest BCUT2D eigenvalue weighted by Gasteiger charge is 2.19. The molecule has 0 radical (unpaired) electrons. The lowest BCUT2D eigenvalue weighted by Gasteiger charge is -2.20. The maximum Gasteiger partial charge on any atom is 0.0590 e. The van der Waals surface area contributed by atoms with Crippen molar-refractivity contribution in [3.05, 3.63) is 0 Å². The molecule has 0 amide bonds. The summed E-state index contributed by atoms with van der Waals surface area (Å²) in [6, 6.07) is 0.659. The van der Waals surface area contributed by atoms with Crippen LogP contribution >= 0.6 is 0 Å². The van der Waals surface area contributed by atoms with Crippen molar-refractivity contribution in [1.82, 2.24) is 5.32 Å². The highest BCUT2D eigenvalue weighted by atomic mass is 16.5. The summed E-state index contributed by atoms with van der Waals surface area (Å²) in [5, 5.41) is 3.42. The molecule has 15 heavy (non-hydrogen) atoms. The molecule has 0 spiro atoms. The zero-order valence-electron chi connectivity index (χ0n) is 10.6. The number of hydrogen-bond acceptors (Lipinski definition) is 2. The molecule has 0 aliphatic carbocycles. The summed E-state index contributed by atoms with van der Waals surface area (Å²) < 4.78 is 5.67. The lowest BCUT2D eigenvalue weighted by atomic mass is 9.98. The Kier molecular flexibility index (Phi) is 6.26. The maximum absolute atomic E-state index is 5.67. The van der Waals surface area contributed by atoms with Crippen LogP contribution in [0, 0.1) is 5.92 Å². The van der Waals surface area contributed by atoms with E-state index < -0.39 is 0 Å². The summed E-state index contributed by atoms with van der Waals surface area (Å²) in [5.74, 6) is 0.838. The molecule has 90 valence electrons. The first-order chi connectivity index (χ1) is 7.22. The SMILES string of the molecule is CNC(CCCC(C)C)CC1CCCO1. The smallest absolute Gasteiger partial charge is 0.0590 e. The van der Waals surface area contributed by atoms with E-state index in [2.05, 4.69) is 26.2 Å². The Balaban J connectivity index is 2.11. The first kappa shape index (κ1) is 13.0. The molecular weight excluding hydrogens is 186 g/mol. The number of hydrogen-bond donors (Lipinski definition) is 1. The summed E-state index contributed by atoms with van der Waals surface area (Å²) in [6.07, 6.45) is 8.25. The molecule has 0 saturated carbocycles. The molecule has 2 unspecified atom stereocenters. The Morgan fingerprint density at radius 2 is 2.13 bits per heavy atom. The van der Waals surface area contributed by atoms with Gasteiger partial charge in [-0.3, -0.25) is 0 Å². The van der Waals surface area contributed by atoms with E-state index in [0.717, 1.165) is 12.5 Å². The summed E-state index contributed by atoms with van der Waals surface area (Å²) in [4.78, 5) is 0. The van der Waals surface area contributed by atoms with Crippen molar-refractivity contribution >= 4 is 0 Å². The fraction of sp³-hybridized carbons (Fsp3) is 1.00. The van der Waals surface area contributed by atoms with Crippen LogP contribution in [-0.4, -0.2) is 25.8 Å². The Labute approximate surface area is 94.8 Å². The van der Waals surface area contributed by atoms with Gasteiger partial charge < -0.3 is 10.1 Å². The lowest BCUT2D eigenvalue weighted by molar-refractivity contribution is 0.0941. The van der Waals surface area contributed by atoms with E-state index in [4.69, 9.17) is 4.74 Å². The quantitative estimate of drug-likeness (QED) is 0.702. The van der Waals surface area contributed by atoms with Gasteiger partial charge in [0.1, 0.15) is 0 Å². The van der Waals surface area contributed by atoms with E-state index in [1.165, 1.54) is 38.5 Å². The zero-order chi connectivity index (χ0) is 11.1. The molecule has 1 saturated heterocycles. The standard InChI is InChI=1S/C13H27NO/c1-11(2)6-4-7-12(14-3)10-13-8-5-9-15-13/h11-14H,4-10H2,1-3H3. The van der Waals surface area contributed by atoms with Crippen molar-refractivity contribution in [3.63, 3.8) is 0 Å². The van der Waals surface area contributed by atoms with Gasteiger partial charge >= 0.3 is 0 Å². The normalized spacial score (nSPS) is 23.6. The van der Waals surface area contributed by atoms with Gasteiger partial charge in [-0.15, -0.1) is 0 Å². The minimum atomic E-state index is 0.529. The van der Waals surface area contributed by atoms with E-state index in [-0.39, 0.29) is 0 Å². The lowest BCUT2D eigenvalue weighted by Crippen LogP contribution is -2.29.